The van der Waals surface area contributed by atoms with E-state index < -0.39 is 17.6 Å². The molecule has 0 unspecified atom stereocenters. The third-order valence-electron chi connectivity index (χ3n) is 5.43. The Bertz CT molecular complexity index is 989. The van der Waals surface area contributed by atoms with E-state index in [0.717, 1.165) is 6.07 Å². The average molecular weight is 466 g/mol. The summed E-state index contributed by atoms with van der Waals surface area (Å²) in [6.07, 6.45) is -4.55. The van der Waals surface area contributed by atoms with Gasteiger partial charge < -0.3 is 10.6 Å². The van der Waals surface area contributed by atoms with Crippen LogP contribution in [0.15, 0.2) is 42.5 Å². The molecule has 2 aromatic carbocycles. The molecule has 2 aromatic rings. The van der Waals surface area contributed by atoms with Gasteiger partial charge in [0.05, 0.1) is 24.3 Å². The monoisotopic (exact) mass is 466 g/mol. The molecule has 2 amide bonds. The fourth-order valence-electron chi connectivity index (χ4n) is 3.54. The van der Waals surface area contributed by atoms with E-state index in [2.05, 4.69) is 10.6 Å². The molecule has 0 aromatic heterocycles. The molecule has 178 valence electrons. The second-order valence-corrected chi connectivity index (χ2v) is 8.00. The fourth-order valence-corrected chi connectivity index (χ4v) is 3.54. The number of halogens is 4. The van der Waals surface area contributed by atoms with Gasteiger partial charge in [-0.05, 0) is 36.2 Å². The molecule has 0 bridgehead atoms. The number of hydrogen-bond acceptors (Lipinski definition) is 4. The Morgan fingerprint density at radius 1 is 0.939 bits per heavy atom. The van der Waals surface area contributed by atoms with Crippen LogP contribution >= 0.6 is 0 Å². The lowest BCUT2D eigenvalue weighted by Gasteiger charge is -2.33. The van der Waals surface area contributed by atoms with Crippen molar-refractivity contribution < 1.29 is 27.2 Å². The van der Waals surface area contributed by atoms with Crippen LogP contribution in [0, 0.1) is 12.7 Å². The van der Waals surface area contributed by atoms with E-state index in [1.807, 2.05) is 9.80 Å². The Kier molecular flexibility index (Phi) is 8.04. The van der Waals surface area contributed by atoms with E-state index >= 15 is 0 Å². The van der Waals surface area contributed by atoms with Crippen molar-refractivity contribution in [3.63, 3.8) is 0 Å². The van der Waals surface area contributed by atoms with Crippen molar-refractivity contribution in [1.82, 2.24) is 15.1 Å². The number of hydrogen-bond donors (Lipinski definition) is 2. The normalized spacial score (nSPS) is 15.3. The highest BCUT2D eigenvalue weighted by molar-refractivity contribution is 5.93. The Balaban J connectivity index is 1.40. The van der Waals surface area contributed by atoms with E-state index in [0.29, 0.717) is 37.3 Å². The predicted octanol–water partition coefficient (Wildman–Crippen LogP) is 3.03. The third-order valence-corrected chi connectivity index (χ3v) is 5.43. The summed E-state index contributed by atoms with van der Waals surface area (Å²) in [6, 6.07) is 9.67. The van der Waals surface area contributed by atoms with Crippen LogP contribution in [0.5, 0.6) is 0 Å². The standard InChI is InChI=1S/C23H26F4N4O2/c1-16-6-7-17(12-19(16)24)13-28-21(32)14-30-8-10-31(11-9-30)15-22(33)29-20-5-3-2-4-18(20)23(25,26)27/h2-7,12H,8-11,13-15H2,1H3,(H,28,32)(H,29,33). The molecule has 6 nitrogen and oxygen atoms in total. The number of rotatable bonds is 7. The number of aryl methyl sites for hydroxylation is 1. The molecular weight excluding hydrogens is 440 g/mol. The Morgan fingerprint density at radius 3 is 2.15 bits per heavy atom. The number of carbonyl (C=O) groups is 2. The summed E-state index contributed by atoms with van der Waals surface area (Å²) >= 11 is 0. The maximum atomic E-state index is 13.6. The number of carbonyl (C=O) groups excluding carboxylic acids is 2. The SMILES string of the molecule is Cc1ccc(CNC(=O)CN2CCN(CC(=O)Nc3ccccc3C(F)(F)F)CC2)cc1F. The smallest absolute Gasteiger partial charge is 0.351 e. The molecule has 0 atom stereocenters. The summed E-state index contributed by atoms with van der Waals surface area (Å²) in [5.41, 5.74) is 0.0666. The van der Waals surface area contributed by atoms with E-state index in [1.54, 1.807) is 19.1 Å². The van der Waals surface area contributed by atoms with Gasteiger partial charge in [-0.25, -0.2) is 4.39 Å². The average Bonchev–Trinajstić information content (AvgIpc) is 2.75. The summed E-state index contributed by atoms with van der Waals surface area (Å²) in [4.78, 5) is 28.2. The zero-order chi connectivity index (χ0) is 24.0. The molecule has 2 N–H and O–H groups in total. The van der Waals surface area contributed by atoms with Gasteiger partial charge in [0.15, 0.2) is 0 Å². The van der Waals surface area contributed by atoms with E-state index in [4.69, 9.17) is 0 Å². The van der Waals surface area contributed by atoms with E-state index in [1.165, 1.54) is 24.3 Å². The second-order valence-electron chi connectivity index (χ2n) is 8.00. The lowest BCUT2D eigenvalue weighted by Crippen LogP contribution is -2.51. The van der Waals surface area contributed by atoms with Crippen molar-refractivity contribution in [3.8, 4) is 0 Å². The minimum absolute atomic E-state index is 0.0365. The molecule has 10 heteroatoms. The minimum atomic E-state index is -4.55. The van der Waals surface area contributed by atoms with Crippen LogP contribution in [-0.4, -0.2) is 60.9 Å². The fraction of sp³-hybridized carbons (Fsp3) is 0.391. The number of amides is 2. The molecule has 3 rings (SSSR count). The van der Waals surface area contributed by atoms with Gasteiger partial charge in [-0.2, -0.15) is 13.2 Å². The van der Waals surface area contributed by atoms with Crippen LogP contribution in [0.25, 0.3) is 0 Å². The Labute approximate surface area is 189 Å². The maximum Gasteiger partial charge on any atom is 0.418 e. The number of nitrogens with one attached hydrogen (secondary N) is 2. The van der Waals surface area contributed by atoms with E-state index in [9.17, 15) is 27.2 Å². The first-order chi connectivity index (χ1) is 15.6. The van der Waals surface area contributed by atoms with Crippen molar-refractivity contribution in [2.75, 3.05) is 44.6 Å². The summed E-state index contributed by atoms with van der Waals surface area (Å²) in [5.74, 6) is -1.03. The molecule has 0 aliphatic carbocycles. The minimum Gasteiger partial charge on any atom is -0.351 e. The summed E-state index contributed by atoms with van der Waals surface area (Å²) in [6.45, 7) is 4.13. The molecule has 0 saturated carbocycles. The van der Waals surface area contributed by atoms with Crippen molar-refractivity contribution in [2.24, 2.45) is 0 Å². The molecule has 0 radical (unpaired) electrons. The first-order valence-electron chi connectivity index (χ1n) is 10.5. The van der Waals surface area contributed by atoms with E-state index in [-0.39, 0.29) is 37.0 Å². The maximum absolute atomic E-state index is 13.6. The van der Waals surface area contributed by atoms with Gasteiger partial charge in [0.2, 0.25) is 11.8 Å². The highest BCUT2D eigenvalue weighted by atomic mass is 19.4. The Hall–Kier alpha value is -2.98. The quantitative estimate of drug-likeness (QED) is 0.616. The predicted molar refractivity (Wildman–Crippen MR) is 116 cm³/mol. The molecule has 1 heterocycles. The zero-order valence-corrected chi connectivity index (χ0v) is 18.2. The lowest BCUT2D eigenvalue weighted by atomic mass is 10.1. The van der Waals surface area contributed by atoms with Crippen LogP contribution in [-0.2, 0) is 22.3 Å². The van der Waals surface area contributed by atoms with Gasteiger partial charge in [-0.3, -0.25) is 19.4 Å². The number of nitrogens with zero attached hydrogens (tertiary/aromatic N) is 2. The molecule has 33 heavy (non-hydrogen) atoms. The first kappa shape index (κ1) is 24.7. The summed E-state index contributed by atoms with van der Waals surface area (Å²) < 4.78 is 52.8. The lowest BCUT2D eigenvalue weighted by molar-refractivity contribution is -0.137. The van der Waals surface area contributed by atoms with Gasteiger partial charge in [-0.1, -0.05) is 24.3 Å². The molecule has 0 spiro atoms. The molecule has 1 aliphatic rings. The van der Waals surface area contributed by atoms with Crippen molar-refractivity contribution >= 4 is 17.5 Å². The number of piperazine rings is 1. The number of anilines is 1. The Morgan fingerprint density at radius 2 is 1.55 bits per heavy atom. The number of alkyl halides is 3. The van der Waals surface area contributed by atoms with Gasteiger partial charge in [0, 0.05) is 32.7 Å². The molecular formula is C23H26F4N4O2. The van der Waals surface area contributed by atoms with Crippen LogP contribution < -0.4 is 10.6 Å². The number of benzene rings is 2. The highest BCUT2D eigenvalue weighted by Gasteiger charge is 2.33. The molecule has 1 saturated heterocycles. The van der Waals surface area contributed by atoms with Gasteiger partial charge in [0.1, 0.15) is 5.82 Å². The largest absolute Gasteiger partial charge is 0.418 e. The second kappa shape index (κ2) is 10.8. The molecule has 1 aliphatic heterocycles. The zero-order valence-electron chi connectivity index (χ0n) is 18.2. The van der Waals surface area contributed by atoms with Crippen molar-refractivity contribution in [1.29, 1.82) is 0 Å². The van der Waals surface area contributed by atoms with Crippen LogP contribution in [0.2, 0.25) is 0 Å². The van der Waals surface area contributed by atoms with Gasteiger partial charge >= 0.3 is 6.18 Å². The topological polar surface area (TPSA) is 64.7 Å². The van der Waals surface area contributed by atoms with Crippen LogP contribution in [0.4, 0.5) is 23.2 Å². The van der Waals surface area contributed by atoms with Crippen molar-refractivity contribution in [2.45, 2.75) is 19.6 Å². The van der Waals surface area contributed by atoms with Crippen molar-refractivity contribution in [3.05, 3.63) is 65.0 Å². The molecule has 1 fully saturated rings. The van der Waals surface area contributed by atoms with Crippen LogP contribution in [0.3, 0.4) is 0 Å². The summed E-state index contributed by atoms with van der Waals surface area (Å²) in [7, 11) is 0. The highest BCUT2D eigenvalue weighted by Crippen LogP contribution is 2.34. The van der Waals surface area contributed by atoms with Crippen LogP contribution in [0.1, 0.15) is 16.7 Å². The third kappa shape index (κ3) is 7.26. The first-order valence-corrected chi connectivity index (χ1v) is 10.5. The summed E-state index contributed by atoms with van der Waals surface area (Å²) in [5, 5.41) is 5.11. The van der Waals surface area contributed by atoms with Gasteiger partial charge in [0.25, 0.3) is 0 Å². The van der Waals surface area contributed by atoms with Gasteiger partial charge in [-0.15, -0.1) is 0 Å². The number of para-hydroxylation sites is 1.